The van der Waals surface area contributed by atoms with Gasteiger partial charge in [-0.05, 0) is 44.9 Å². The number of carbonyl (C=O) groups is 2. The van der Waals surface area contributed by atoms with Crippen molar-refractivity contribution < 1.29 is 23.8 Å². The molecule has 1 heterocycles. The first-order chi connectivity index (χ1) is 11.7. The topological polar surface area (TPSA) is 78.9 Å². The van der Waals surface area contributed by atoms with Crippen molar-refractivity contribution in [3.8, 4) is 0 Å². The fraction of sp³-hybridized carbons (Fsp3) is 0.556. The highest BCUT2D eigenvalue weighted by molar-refractivity contribution is 5.86. The van der Waals surface area contributed by atoms with Crippen LogP contribution in [0.2, 0.25) is 0 Å². The molecule has 1 saturated heterocycles. The van der Waals surface area contributed by atoms with Crippen LogP contribution in [0.15, 0.2) is 24.3 Å². The zero-order valence-corrected chi connectivity index (χ0v) is 14.8. The molecule has 0 bridgehead atoms. The Balaban J connectivity index is 1.89. The Labute approximate surface area is 147 Å². The highest BCUT2D eigenvalue weighted by Crippen LogP contribution is 2.21. The first-order valence-electron chi connectivity index (χ1n) is 8.35. The molecule has 0 unspecified atom stereocenters. The lowest BCUT2D eigenvalue weighted by Crippen LogP contribution is -2.47. The third-order valence-electron chi connectivity index (χ3n) is 3.84. The molecule has 2 N–H and O–H groups in total. The van der Waals surface area contributed by atoms with E-state index in [2.05, 4.69) is 5.32 Å². The maximum absolute atomic E-state index is 12.9. The van der Waals surface area contributed by atoms with Crippen LogP contribution in [-0.2, 0) is 16.0 Å². The number of hydrogen-bond acceptors (Lipinski definition) is 4. The molecule has 1 fully saturated rings. The fourth-order valence-electron chi connectivity index (χ4n) is 2.68. The Morgan fingerprint density at radius 2 is 1.96 bits per heavy atom. The summed E-state index contributed by atoms with van der Waals surface area (Å²) in [5.74, 6) is -0.634. The first kappa shape index (κ1) is 19.2. The summed E-state index contributed by atoms with van der Waals surface area (Å²) in [6, 6.07) is 5.31. The summed E-state index contributed by atoms with van der Waals surface area (Å²) in [5, 5.41) is 12.6. The highest BCUT2D eigenvalue weighted by Gasteiger charge is 2.40. The number of β-amino-alcohol motifs (C(OH)–C–C–N with tert-alkyl or cyclic N) is 1. The lowest BCUT2D eigenvalue weighted by Gasteiger charge is -2.27. The van der Waals surface area contributed by atoms with Crippen LogP contribution in [0.5, 0.6) is 0 Å². The van der Waals surface area contributed by atoms with Crippen LogP contribution < -0.4 is 5.32 Å². The number of nitrogens with one attached hydrogen (secondary N) is 1. The SMILES string of the molecule is CC(C)(C)OC(=O)N1C[C@H](O)C[C@@H]1C(=O)NCCc1ccc(F)cc1. The summed E-state index contributed by atoms with van der Waals surface area (Å²) < 4.78 is 18.2. The molecule has 7 heteroatoms. The molecule has 138 valence electrons. The minimum Gasteiger partial charge on any atom is -0.444 e. The van der Waals surface area contributed by atoms with Crippen LogP contribution in [0.3, 0.4) is 0 Å². The number of halogens is 1. The molecule has 1 aromatic rings. The second-order valence-corrected chi connectivity index (χ2v) is 7.21. The van der Waals surface area contributed by atoms with Gasteiger partial charge in [0.15, 0.2) is 0 Å². The number of aliphatic hydroxyl groups excluding tert-OH is 1. The van der Waals surface area contributed by atoms with E-state index in [1.807, 2.05) is 0 Å². The predicted octanol–water partition coefficient (Wildman–Crippen LogP) is 1.85. The zero-order valence-electron chi connectivity index (χ0n) is 14.8. The van der Waals surface area contributed by atoms with Crippen LogP contribution in [0.4, 0.5) is 9.18 Å². The molecule has 25 heavy (non-hydrogen) atoms. The molecule has 2 amide bonds. The molecule has 1 aliphatic heterocycles. The van der Waals surface area contributed by atoms with E-state index in [9.17, 15) is 19.1 Å². The highest BCUT2D eigenvalue weighted by atomic mass is 19.1. The van der Waals surface area contributed by atoms with Gasteiger partial charge in [0.2, 0.25) is 5.91 Å². The van der Waals surface area contributed by atoms with E-state index < -0.39 is 23.8 Å². The standard InChI is InChI=1S/C18H25FN2O4/c1-18(2,3)25-17(24)21-11-14(22)10-15(21)16(23)20-9-8-12-4-6-13(19)7-5-12/h4-7,14-15,22H,8-11H2,1-3H3,(H,20,23)/t14-,15-/m1/s1. The lowest BCUT2D eigenvalue weighted by molar-refractivity contribution is -0.125. The average molecular weight is 352 g/mol. The summed E-state index contributed by atoms with van der Waals surface area (Å²) in [6.45, 7) is 5.67. The third-order valence-corrected chi connectivity index (χ3v) is 3.84. The Bertz CT molecular complexity index is 612. The minimum absolute atomic E-state index is 0.0744. The van der Waals surface area contributed by atoms with Crippen LogP contribution in [-0.4, -0.2) is 52.8 Å². The molecule has 2 rings (SSSR count). The van der Waals surface area contributed by atoms with Crippen molar-refractivity contribution in [3.63, 3.8) is 0 Å². The van der Waals surface area contributed by atoms with Crippen LogP contribution >= 0.6 is 0 Å². The molecule has 0 aromatic heterocycles. The van der Waals surface area contributed by atoms with E-state index >= 15 is 0 Å². The maximum Gasteiger partial charge on any atom is 0.411 e. The summed E-state index contributed by atoms with van der Waals surface area (Å²) in [6.07, 6.45) is -0.627. The number of likely N-dealkylation sites (tertiary alicyclic amines) is 1. The number of carbonyl (C=O) groups excluding carboxylic acids is 2. The van der Waals surface area contributed by atoms with Crippen molar-refractivity contribution in [1.29, 1.82) is 0 Å². The van der Waals surface area contributed by atoms with Crippen molar-refractivity contribution in [1.82, 2.24) is 10.2 Å². The van der Waals surface area contributed by atoms with Gasteiger partial charge in [-0.25, -0.2) is 9.18 Å². The normalized spacial score (nSPS) is 20.4. The first-order valence-corrected chi connectivity index (χ1v) is 8.35. The second kappa shape index (κ2) is 7.82. The molecule has 0 radical (unpaired) electrons. The van der Waals surface area contributed by atoms with Gasteiger partial charge in [-0.1, -0.05) is 12.1 Å². The monoisotopic (exact) mass is 352 g/mol. The minimum atomic E-state index is -0.752. The number of aliphatic hydroxyl groups is 1. The number of amides is 2. The Morgan fingerprint density at radius 3 is 2.56 bits per heavy atom. The molecule has 6 nitrogen and oxygen atoms in total. The fourth-order valence-corrected chi connectivity index (χ4v) is 2.68. The van der Waals surface area contributed by atoms with Crippen molar-refractivity contribution in [3.05, 3.63) is 35.6 Å². The molecular formula is C18H25FN2O4. The van der Waals surface area contributed by atoms with Gasteiger partial charge in [-0.3, -0.25) is 9.69 Å². The van der Waals surface area contributed by atoms with Gasteiger partial charge < -0.3 is 15.2 Å². The Kier molecular flexibility index (Phi) is 6.00. The molecule has 0 spiro atoms. The van der Waals surface area contributed by atoms with Gasteiger partial charge >= 0.3 is 6.09 Å². The third kappa shape index (κ3) is 5.70. The number of benzene rings is 1. The van der Waals surface area contributed by atoms with E-state index in [1.165, 1.54) is 17.0 Å². The largest absolute Gasteiger partial charge is 0.444 e. The molecular weight excluding hydrogens is 327 g/mol. The molecule has 0 aliphatic carbocycles. The van der Waals surface area contributed by atoms with Gasteiger partial charge in [0.25, 0.3) is 0 Å². The molecule has 0 saturated carbocycles. The van der Waals surface area contributed by atoms with Gasteiger partial charge in [0.05, 0.1) is 12.6 Å². The predicted molar refractivity (Wildman–Crippen MR) is 90.5 cm³/mol. The van der Waals surface area contributed by atoms with Gasteiger partial charge in [0, 0.05) is 13.0 Å². The van der Waals surface area contributed by atoms with Gasteiger partial charge in [-0.15, -0.1) is 0 Å². The van der Waals surface area contributed by atoms with Crippen molar-refractivity contribution in [2.75, 3.05) is 13.1 Å². The van der Waals surface area contributed by atoms with Crippen LogP contribution in [0, 0.1) is 5.82 Å². The smallest absolute Gasteiger partial charge is 0.411 e. The van der Waals surface area contributed by atoms with Crippen LogP contribution in [0.1, 0.15) is 32.8 Å². The number of rotatable bonds is 4. The summed E-state index contributed by atoms with van der Waals surface area (Å²) in [5.41, 5.74) is 0.228. The zero-order chi connectivity index (χ0) is 18.6. The van der Waals surface area contributed by atoms with Crippen LogP contribution in [0.25, 0.3) is 0 Å². The Hall–Kier alpha value is -2.15. The Morgan fingerprint density at radius 1 is 1.32 bits per heavy atom. The molecule has 1 aromatic carbocycles. The van der Waals surface area contributed by atoms with Crippen molar-refractivity contribution in [2.24, 2.45) is 0 Å². The summed E-state index contributed by atoms with van der Waals surface area (Å²) in [7, 11) is 0. The van der Waals surface area contributed by atoms with E-state index in [-0.39, 0.29) is 24.7 Å². The number of ether oxygens (including phenoxy) is 1. The maximum atomic E-state index is 12.9. The lowest BCUT2D eigenvalue weighted by atomic mass is 10.1. The van der Waals surface area contributed by atoms with Crippen molar-refractivity contribution >= 4 is 12.0 Å². The summed E-state index contributed by atoms with van der Waals surface area (Å²) in [4.78, 5) is 25.9. The average Bonchev–Trinajstić information content (AvgIpc) is 2.90. The number of hydrogen-bond donors (Lipinski definition) is 2. The van der Waals surface area contributed by atoms with E-state index in [0.29, 0.717) is 13.0 Å². The van der Waals surface area contributed by atoms with E-state index in [1.54, 1.807) is 32.9 Å². The quantitative estimate of drug-likeness (QED) is 0.867. The van der Waals surface area contributed by atoms with Gasteiger partial charge in [-0.2, -0.15) is 0 Å². The number of nitrogens with zero attached hydrogens (tertiary/aromatic N) is 1. The van der Waals surface area contributed by atoms with E-state index in [4.69, 9.17) is 4.74 Å². The molecule has 2 atom stereocenters. The van der Waals surface area contributed by atoms with Crippen molar-refractivity contribution in [2.45, 2.75) is 51.4 Å². The molecule has 1 aliphatic rings. The second-order valence-electron chi connectivity index (χ2n) is 7.21. The summed E-state index contributed by atoms with van der Waals surface area (Å²) >= 11 is 0. The van der Waals surface area contributed by atoms with E-state index in [0.717, 1.165) is 5.56 Å². The van der Waals surface area contributed by atoms with Gasteiger partial charge in [0.1, 0.15) is 17.5 Å².